The van der Waals surface area contributed by atoms with Gasteiger partial charge < -0.3 is 15.1 Å². The molecule has 0 saturated carbocycles. The van der Waals surface area contributed by atoms with Crippen LogP contribution in [0.25, 0.3) is 0 Å². The molecule has 28 heavy (non-hydrogen) atoms. The van der Waals surface area contributed by atoms with Gasteiger partial charge >= 0.3 is 0 Å². The minimum atomic E-state index is -3.27. The summed E-state index contributed by atoms with van der Waals surface area (Å²) in [7, 11) is 0.442. The zero-order valence-corrected chi connectivity index (χ0v) is 18.6. The third-order valence-electron chi connectivity index (χ3n) is 4.80. The first kappa shape index (κ1) is 22.5. The molecule has 1 saturated heterocycles. The molecular formula is C20H35N5O2S. The molecule has 2 rings (SSSR count). The number of piperidine rings is 1. The van der Waals surface area contributed by atoms with Gasteiger partial charge in [0.05, 0.1) is 6.26 Å². The SMILES string of the molecule is CN=C(NCC(C)(C)NS(C)(=O)=O)N(C)Cc1ccc(N2CCCCC2)cc1. The summed E-state index contributed by atoms with van der Waals surface area (Å²) in [5.74, 6) is 0.725. The summed E-state index contributed by atoms with van der Waals surface area (Å²) in [6.07, 6.45) is 5.05. The molecule has 0 aromatic heterocycles. The Labute approximate surface area is 170 Å². The lowest BCUT2D eigenvalue weighted by Crippen LogP contribution is -2.53. The molecular weight excluding hydrogens is 374 g/mol. The lowest BCUT2D eigenvalue weighted by Gasteiger charge is -2.30. The molecule has 0 spiro atoms. The molecule has 158 valence electrons. The van der Waals surface area contributed by atoms with E-state index in [0.717, 1.165) is 25.6 Å². The lowest BCUT2D eigenvalue weighted by molar-refractivity contribution is 0.422. The third-order valence-corrected chi connectivity index (χ3v) is 5.72. The van der Waals surface area contributed by atoms with Crippen molar-refractivity contribution in [1.29, 1.82) is 0 Å². The van der Waals surface area contributed by atoms with Crippen LogP contribution in [0.4, 0.5) is 5.69 Å². The van der Waals surface area contributed by atoms with Crippen molar-refractivity contribution in [3.05, 3.63) is 29.8 Å². The van der Waals surface area contributed by atoms with Crippen molar-refractivity contribution in [2.75, 3.05) is 44.9 Å². The molecule has 0 aliphatic carbocycles. The van der Waals surface area contributed by atoms with Crippen LogP contribution >= 0.6 is 0 Å². The fourth-order valence-corrected chi connectivity index (χ4v) is 4.61. The maximum absolute atomic E-state index is 11.5. The first-order chi connectivity index (χ1) is 13.1. The Morgan fingerprint density at radius 2 is 1.79 bits per heavy atom. The Balaban J connectivity index is 1.91. The predicted octanol–water partition coefficient (Wildman–Crippen LogP) is 2.01. The van der Waals surface area contributed by atoms with Gasteiger partial charge in [-0.05, 0) is 50.8 Å². The summed E-state index contributed by atoms with van der Waals surface area (Å²) >= 11 is 0. The van der Waals surface area contributed by atoms with Crippen LogP contribution in [0.1, 0.15) is 38.7 Å². The molecule has 0 radical (unpaired) electrons. The second kappa shape index (κ2) is 9.60. The van der Waals surface area contributed by atoms with Gasteiger partial charge in [0.25, 0.3) is 0 Å². The highest BCUT2D eigenvalue weighted by Gasteiger charge is 2.23. The zero-order chi connectivity index (χ0) is 20.8. The molecule has 1 aromatic rings. The van der Waals surface area contributed by atoms with E-state index in [0.29, 0.717) is 6.54 Å². The van der Waals surface area contributed by atoms with Crippen LogP contribution in [-0.2, 0) is 16.6 Å². The molecule has 7 nitrogen and oxygen atoms in total. The number of hydrogen-bond acceptors (Lipinski definition) is 4. The molecule has 1 aliphatic heterocycles. The molecule has 0 unspecified atom stereocenters. The summed E-state index contributed by atoms with van der Waals surface area (Å²) < 4.78 is 25.6. The van der Waals surface area contributed by atoms with E-state index in [1.807, 2.05) is 25.8 Å². The predicted molar refractivity (Wildman–Crippen MR) is 117 cm³/mol. The Bertz CT molecular complexity index is 753. The van der Waals surface area contributed by atoms with E-state index in [2.05, 4.69) is 44.2 Å². The highest BCUT2D eigenvalue weighted by atomic mass is 32.2. The minimum absolute atomic E-state index is 0.435. The summed E-state index contributed by atoms with van der Waals surface area (Å²) in [6.45, 7) is 7.13. The highest BCUT2D eigenvalue weighted by Crippen LogP contribution is 2.20. The second-order valence-corrected chi connectivity index (χ2v) is 9.98. The van der Waals surface area contributed by atoms with Crippen LogP contribution in [0.2, 0.25) is 0 Å². The average Bonchev–Trinajstić information content (AvgIpc) is 2.61. The van der Waals surface area contributed by atoms with Gasteiger partial charge in [0.15, 0.2) is 5.96 Å². The number of rotatable bonds is 7. The average molecular weight is 410 g/mol. The van der Waals surface area contributed by atoms with E-state index in [1.54, 1.807) is 7.05 Å². The fourth-order valence-electron chi connectivity index (χ4n) is 3.54. The smallest absolute Gasteiger partial charge is 0.209 e. The van der Waals surface area contributed by atoms with Crippen LogP contribution in [-0.4, -0.2) is 64.8 Å². The number of nitrogens with zero attached hydrogens (tertiary/aromatic N) is 3. The van der Waals surface area contributed by atoms with Gasteiger partial charge in [-0.15, -0.1) is 0 Å². The topological polar surface area (TPSA) is 77.0 Å². The number of nitrogens with one attached hydrogen (secondary N) is 2. The summed E-state index contributed by atoms with van der Waals surface area (Å²) in [4.78, 5) is 8.81. The standard InChI is InChI=1S/C20H35N5O2S/c1-20(2,23-28(5,26)27)16-22-19(21-3)24(4)15-17-9-11-18(12-10-17)25-13-7-6-8-14-25/h9-12,23H,6-8,13-16H2,1-5H3,(H,21,22). The minimum Gasteiger partial charge on any atom is -0.372 e. The summed E-state index contributed by atoms with van der Waals surface area (Å²) in [5, 5.41) is 3.26. The Kier molecular flexibility index (Phi) is 7.71. The van der Waals surface area contributed by atoms with Crippen molar-refractivity contribution in [2.45, 2.75) is 45.2 Å². The van der Waals surface area contributed by atoms with Crippen LogP contribution in [0.15, 0.2) is 29.3 Å². The first-order valence-corrected chi connectivity index (χ1v) is 11.7. The van der Waals surface area contributed by atoms with E-state index in [4.69, 9.17) is 0 Å². The van der Waals surface area contributed by atoms with Gasteiger partial charge in [-0.2, -0.15) is 0 Å². The van der Waals surface area contributed by atoms with E-state index in [1.165, 1.54) is 36.8 Å². The molecule has 1 fully saturated rings. The maximum atomic E-state index is 11.5. The molecule has 0 amide bonds. The van der Waals surface area contributed by atoms with Gasteiger partial charge in [0.1, 0.15) is 0 Å². The maximum Gasteiger partial charge on any atom is 0.209 e. The summed E-state index contributed by atoms with van der Waals surface area (Å²) in [5.41, 5.74) is 1.89. The fraction of sp³-hybridized carbons (Fsp3) is 0.650. The van der Waals surface area contributed by atoms with Gasteiger partial charge in [-0.25, -0.2) is 13.1 Å². The van der Waals surface area contributed by atoms with E-state index < -0.39 is 15.6 Å². The monoisotopic (exact) mass is 409 g/mol. The number of hydrogen-bond donors (Lipinski definition) is 2. The molecule has 2 N–H and O–H groups in total. The molecule has 8 heteroatoms. The number of sulfonamides is 1. The van der Waals surface area contributed by atoms with Gasteiger partial charge in [0, 0.05) is 51.5 Å². The van der Waals surface area contributed by atoms with Gasteiger partial charge in [0.2, 0.25) is 10.0 Å². The quantitative estimate of drug-likeness (QED) is 0.532. The van der Waals surface area contributed by atoms with Crippen LogP contribution < -0.4 is 14.9 Å². The van der Waals surface area contributed by atoms with Crippen molar-refractivity contribution in [1.82, 2.24) is 14.9 Å². The van der Waals surface area contributed by atoms with Crippen molar-refractivity contribution in [3.63, 3.8) is 0 Å². The number of aliphatic imine (C=N–C) groups is 1. The normalized spacial score (nSPS) is 16.2. The largest absolute Gasteiger partial charge is 0.372 e. The number of anilines is 1. The first-order valence-electron chi connectivity index (χ1n) is 9.84. The molecule has 0 atom stereocenters. The molecule has 0 bridgehead atoms. The number of guanidine groups is 1. The lowest BCUT2D eigenvalue weighted by atomic mass is 10.1. The summed E-state index contributed by atoms with van der Waals surface area (Å²) in [6, 6.07) is 8.74. The zero-order valence-electron chi connectivity index (χ0n) is 17.8. The highest BCUT2D eigenvalue weighted by molar-refractivity contribution is 7.88. The van der Waals surface area contributed by atoms with Crippen molar-refractivity contribution >= 4 is 21.7 Å². The Hall–Kier alpha value is -1.80. The van der Waals surface area contributed by atoms with Crippen LogP contribution in [0, 0.1) is 0 Å². The van der Waals surface area contributed by atoms with Gasteiger partial charge in [-0.3, -0.25) is 4.99 Å². The molecule has 1 aliphatic rings. The molecule has 1 heterocycles. The van der Waals surface area contributed by atoms with Gasteiger partial charge in [-0.1, -0.05) is 12.1 Å². The second-order valence-electron chi connectivity index (χ2n) is 8.23. The van der Waals surface area contributed by atoms with Crippen LogP contribution in [0.3, 0.4) is 0 Å². The Morgan fingerprint density at radius 3 is 2.32 bits per heavy atom. The van der Waals surface area contributed by atoms with Crippen molar-refractivity contribution in [3.8, 4) is 0 Å². The van der Waals surface area contributed by atoms with Crippen molar-refractivity contribution < 1.29 is 8.42 Å². The van der Waals surface area contributed by atoms with E-state index in [9.17, 15) is 8.42 Å². The van der Waals surface area contributed by atoms with Crippen molar-refractivity contribution in [2.24, 2.45) is 4.99 Å². The number of benzene rings is 1. The molecule has 1 aromatic carbocycles. The third kappa shape index (κ3) is 7.31. The van der Waals surface area contributed by atoms with E-state index >= 15 is 0 Å². The van der Waals surface area contributed by atoms with Crippen LogP contribution in [0.5, 0.6) is 0 Å². The van der Waals surface area contributed by atoms with E-state index in [-0.39, 0.29) is 0 Å². The Morgan fingerprint density at radius 1 is 1.18 bits per heavy atom.